The second-order valence-electron chi connectivity index (χ2n) is 4.81. The lowest BCUT2D eigenvalue weighted by atomic mass is 9.70. The van der Waals surface area contributed by atoms with Gasteiger partial charge in [-0.05, 0) is 25.2 Å². The average Bonchev–Trinajstić information content (AvgIpc) is 2.50. The van der Waals surface area contributed by atoms with Crippen LogP contribution in [0.3, 0.4) is 0 Å². The second kappa shape index (κ2) is 3.39. The van der Waals surface area contributed by atoms with Gasteiger partial charge in [-0.25, -0.2) is 0 Å². The smallest absolute Gasteiger partial charge is 0.0792 e. The van der Waals surface area contributed by atoms with Crippen molar-refractivity contribution in [2.75, 3.05) is 0 Å². The monoisotopic (exact) mass is 194 g/mol. The van der Waals surface area contributed by atoms with E-state index in [9.17, 15) is 5.11 Å². The van der Waals surface area contributed by atoms with E-state index in [1.165, 1.54) is 19.3 Å². The summed E-state index contributed by atoms with van der Waals surface area (Å²) >= 11 is 0. The van der Waals surface area contributed by atoms with Gasteiger partial charge in [0.1, 0.15) is 0 Å². The molecule has 0 amide bonds. The molecule has 3 heteroatoms. The van der Waals surface area contributed by atoms with Crippen LogP contribution in [0, 0.1) is 5.41 Å². The first-order valence-corrected chi connectivity index (χ1v) is 5.29. The fourth-order valence-corrected chi connectivity index (χ4v) is 2.01. The van der Waals surface area contributed by atoms with Gasteiger partial charge in [0.25, 0.3) is 0 Å². The highest BCUT2D eigenvalue weighted by molar-refractivity contribution is 5.06. The molecule has 1 atom stereocenters. The summed E-state index contributed by atoms with van der Waals surface area (Å²) in [4.78, 5) is 0. The van der Waals surface area contributed by atoms with Gasteiger partial charge in [0.2, 0.25) is 0 Å². The van der Waals surface area contributed by atoms with E-state index in [0.717, 1.165) is 12.1 Å². The summed E-state index contributed by atoms with van der Waals surface area (Å²) in [6.07, 6.45) is 7.26. The van der Waals surface area contributed by atoms with Crippen LogP contribution in [0.25, 0.3) is 0 Å². The van der Waals surface area contributed by atoms with Crippen LogP contribution in [0.15, 0.2) is 12.4 Å². The molecule has 1 fully saturated rings. The maximum Gasteiger partial charge on any atom is 0.0792 e. The van der Waals surface area contributed by atoms with Crippen molar-refractivity contribution < 1.29 is 5.11 Å². The molecule has 0 aliphatic heterocycles. The summed E-state index contributed by atoms with van der Waals surface area (Å²) in [5, 5.41) is 13.6. The Morgan fingerprint density at radius 2 is 2.36 bits per heavy atom. The lowest BCUT2D eigenvalue weighted by Gasteiger charge is -2.38. The molecule has 0 bridgehead atoms. The van der Waals surface area contributed by atoms with Crippen LogP contribution in [0.5, 0.6) is 0 Å². The van der Waals surface area contributed by atoms with Gasteiger partial charge < -0.3 is 5.11 Å². The predicted octanol–water partition coefficient (Wildman–Crippen LogP) is 2.13. The Balaban J connectivity index is 2.02. The van der Waals surface area contributed by atoms with Crippen molar-refractivity contribution >= 4 is 0 Å². The third-order valence-corrected chi connectivity index (χ3v) is 3.24. The van der Waals surface area contributed by atoms with Gasteiger partial charge in [-0.15, -0.1) is 0 Å². The van der Waals surface area contributed by atoms with Gasteiger partial charge in [-0.2, -0.15) is 5.10 Å². The molecule has 1 unspecified atom stereocenters. The molecule has 1 heterocycles. The van der Waals surface area contributed by atoms with Crippen molar-refractivity contribution in [3.63, 3.8) is 0 Å². The Labute approximate surface area is 84.7 Å². The summed E-state index contributed by atoms with van der Waals surface area (Å²) in [7, 11) is 0. The minimum Gasteiger partial charge on any atom is -0.389 e. The molecule has 1 aromatic heterocycles. The Bertz CT molecular complexity index is 313. The topological polar surface area (TPSA) is 38.1 Å². The van der Waals surface area contributed by atoms with Gasteiger partial charge in [0, 0.05) is 18.3 Å². The lowest BCUT2D eigenvalue weighted by molar-refractivity contribution is 0.125. The first-order valence-electron chi connectivity index (χ1n) is 5.29. The fraction of sp³-hybridized carbons (Fsp3) is 0.727. The number of nitrogens with zero attached hydrogens (tertiary/aromatic N) is 2. The van der Waals surface area contributed by atoms with Crippen LogP contribution in [-0.4, -0.2) is 14.9 Å². The van der Waals surface area contributed by atoms with Gasteiger partial charge in [-0.3, -0.25) is 4.68 Å². The molecule has 0 radical (unpaired) electrons. The van der Waals surface area contributed by atoms with Gasteiger partial charge in [0.05, 0.1) is 12.3 Å². The van der Waals surface area contributed by atoms with Crippen LogP contribution in [0.2, 0.25) is 0 Å². The minimum absolute atomic E-state index is 0.405. The summed E-state index contributed by atoms with van der Waals surface area (Å²) < 4.78 is 1.96. The van der Waals surface area contributed by atoms with Gasteiger partial charge >= 0.3 is 0 Å². The number of aromatic nitrogens is 2. The quantitative estimate of drug-likeness (QED) is 0.800. The molecule has 1 N–H and O–H groups in total. The summed E-state index contributed by atoms with van der Waals surface area (Å²) in [6.45, 7) is 5.06. The molecule has 0 spiro atoms. The zero-order chi connectivity index (χ0) is 10.2. The molecule has 1 saturated carbocycles. The number of aliphatic hydroxyl groups excluding tert-OH is 1. The molecule has 1 aliphatic rings. The third-order valence-electron chi connectivity index (χ3n) is 3.24. The first kappa shape index (κ1) is 9.71. The maximum absolute atomic E-state index is 9.35. The predicted molar refractivity (Wildman–Crippen MR) is 54.8 cm³/mol. The van der Waals surface area contributed by atoms with Crippen LogP contribution < -0.4 is 0 Å². The number of rotatable bonds is 3. The molecular weight excluding hydrogens is 176 g/mol. The number of hydrogen-bond acceptors (Lipinski definition) is 2. The van der Waals surface area contributed by atoms with E-state index in [1.807, 2.05) is 10.9 Å². The van der Waals surface area contributed by atoms with Crippen molar-refractivity contribution in [1.82, 2.24) is 9.78 Å². The van der Waals surface area contributed by atoms with Crippen LogP contribution in [-0.2, 0) is 6.54 Å². The summed E-state index contributed by atoms with van der Waals surface area (Å²) in [5.41, 5.74) is 1.36. The second-order valence-corrected chi connectivity index (χ2v) is 4.81. The zero-order valence-electron chi connectivity index (χ0n) is 8.90. The van der Waals surface area contributed by atoms with E-state index in [-0.39, 0.29) is 0 Å². The highest BCUT2D eigenvalue weighted by Crippen LogP contribution is 2.41. The Kier molecular flexibility index (Phi) is 2.35. The SMILES string of the molecule is CC(O)c1cnn(CC2(C)CCC2)c1. The van der Waals surface area contributed by atoms with Crippen LogP contribution >= 0.6 is 0 Å². The highest BCUT2D eigenvalue weighted by atomic mass is 16.3. The molecule has 14 heavy (non-hydrogen) atoms. The van der Waals surface area contributed by atoms with Crippen LogP contribution in [0.1, 0.15) is 44.8 Å². The van der Waals surface area contributed by atoms with Gasteiger partial charge in [-0.1, -0.05) is 13.3 Å². The summed E-state index contributed by atoms with van der Waals surface area (Å²) in [6, 6.07) is 0. The van der Waals surface area contributed by atoms with Crippen molar-refractivity contribution in [1.29, 1.82) is 0 Å². The fourth-order valence-electron chi connectivity index (χ4n) is 2.01. The van der Waals surface area contributed by atoms with Crippen molar-refractivity contribution in [3.05, 3.63) is 18.0 Å². The lowest BCUT2D eigenvalue weighted by Crippen LogP contribution is -2.30. The molecule has 78 valence electrons. The Hall–Kier alpha value is -0.830. The van der Waals surface area contributed by atoms with Crippen LogP contribution in [0.4, 0.5) is 0 Å². The molecular formula is C11H18N2O. The largest absolute Gasteiger partial charge is 0.389 e. The Morgan fingerprint density at radius 1 is 1.64 bits per heavy atom. The van der Waals surface area contributed by atoms with E-state index in [0.29, 0.717) is 5.41 Å². The molecule has 0 saturated heterocycles. The van der Waals surface area contributed by atoms with E-state index >= 15 is 0 Å². The number of hydrogen-bond donors (Lipinski definition) is 1. The minimum atomic E-state index is -0.405. The van der Waals surface area contributed by atoms with Crippen molar-refractivity contribution in [2.45, 2.75) is 45.8 Å². The molecule has 0 aromatic carbocycles. The van der Waals surface area contributed by atoms with Crippen molar-refractivity contribution in [2.24, 2.45) is 5.41 Å². The summed E-state index contributed by atoms with van der Waals surface area (Å²) in [5.74, 6) is 0. The normalized spacial score (nSPS) is 21.6. The van der Waals surface area contributed by atoms with Crippen molar-refractivity contribution in [3.8, 4) is 0 Å². The molecule has 3 nitrogen and oxygen atoms in total. The highest BCUT2D eigenvalue weighted by Gasteiger charge is 2.32. The molecule has 2 rings (SSSR count). The average molecular weight is 194 g/mol. The molecule has 1 aliphatic carbocycles. The zero-order valence-corrected chi connectivity index (χ0v) is 8.90. The third kappa shape index (κ3) is 1.82. The van der Waals surface area contributed by atoms with E-state index < -0.39 is 6.10 Å². The molecule has 1 aromatic rings. The maximum atomic E-state index is 9.35. The van der Waals surface area contributed by atoms with E-state index in [1.54, 1.807) is 13.1 Å². The number of aliphatic hydroxyl groups is 1. The van der Waals surface area contributed by atoms with E-state index in [4.69, 9.17) is 0 Å². The van der Waals surface area contributed by atoms with Gasteiger partial charge in [0.15, 0.2) is 0 Å². The van der Waals surface area contributed by atoms with E-state index in [2.05, 4.69) is 12.0 Å². The first-order chi connectivity index (χ1) is 6.59. The Morgan fingerprint density at radius 3 is 2.79 bits per heavy atom. The standard InChI is InChI=1S/C11H18N2O/c1-9(14)10-6-12-13(7-10)8-11(2)4-3-5-11/h6-7,9,14H,3-5,8H2,1-2H3.